The first-order chi connectivity index (χ1) is 49.1. The third kappa shape index (κ3) is 36.0. The van der Waals surface area contributed by atoms with E-state index in [1.54, 1.807) is 0 Å². The number of aromatic hydroxyl groups is 6. The number of nitrogens with zero attached hydrogens (tertiary/aromatic N) is 6. The van der Waals surface area contributed by atoms with E-state index >= 15 is 0 Å². The van der Waals surface area contributed by atoms with Gasteiger partial charge in [-0.2, -0.15) is 8.67 Å². The first kappa shape index (κ1) is 121. The van der Waals surface area contributed by atoms with Crippen LogP contribution >= 0.6 is 36.1 Å². The van der Waals surface area contributed by atoms with Gasteiger partial charge in [0, 0.05) is 83.2 Å². The van der Waals surface area contributed by atoms with Crippen molar-refractivity contribution in [2.75, 3.05) is 25.6 Å². The molecule has 9 rings (SSSR count). The third-order valence-corrected chi connectivity index (χ3v) is 19.8. The molecule has 0 saturated carbocycles. The van der Waals surface area contributed by atoms with Crippen molar-refractivity contribution in [3.8, 4) is 40.2 Å². The van der Waals surface area contributed by atoms with Gasteiger partial charge in [0.25, 0.3) is 0 Å². The Balaban J connectivity index is -0.000000772. The Morgan fingerprint density at radius 1 is 0.417 bits per heavy atom. The van der Waals surface area contributed by atoms with E-state index < -0.39 is 141 Å². The summed E-state index contributed by atoms with van der Waals surface area (Å²) >= 11 is 0.0591. The number of hydrogen-bond acceptors (Lipinski definition) is 44. The van der Waals surface area contributed by atoms with E-state index in [4.69, 9.17) is 27.9 Å². The number of phenolic OH excluding ortho intramolecular Hbond substituents is 6. The van der Waals surface area contributed by atoms with Crippen molar-refractivity contribution in [2.24, 2.45) is 30.7 Å². The van der Waals surface area contributed by atoms with Gasteiger partial charge < -0.3 is 73.2 Å². The molecule has 595 valence electrons. The molecule has 0 amide bonds. The van der Waals surface area contributed by atoms with Gasteiger partial charge in [0.15, 0.2) is 34.1 Å². The van der Waals surface area contributed by atoms with Crippen LogP contribution in [0.25, 0.3) is 32.3 Å². The van der Waals surface area contributed by atoms with Gasteiger partial charge in [-0.05, 0) is 125 Å². The molecular weight excluding hydrogens is 1960 g/mol. The van der Waals surface area contributed by atoms with Gasteiger partial charge in [-0.25, -0.2) is 64.5 Å². The van der Waals surface area contributed by atoms with Crippen molar-refractivity contribution in [2.45, 2.75) is 39.2 Å². The molecule has 3 radical (unpaired) electrons. The predicted octanol–water partition coefficient (Wildman–Crippen LogP) is -13.7. The maximum atomic E-state index is 11.6. The molecule has 9 aromatic rings. The molecule has 0 aliphatic carbocycles. The Bertz CT molecular complexity index is 5720. The second-order valence-corrected chi connectivity index (χ2v) is 30.9. The molecule has 9 aromatic carbocycles. The molecule has 1 atom stereocenters. The van der Waals surface area contributed by atoms with E-state index in [2.05, 4.69) is 51.5 Å². The van der Waals surface area contributed by atoms with Gasteiger partial charge >= 0.3 is 207 Å². The summed E-state index contributed by atoms with van der Waals surface area (Å²) in [5.41, 5.74) is -2.19. The molecule has 61 heteroatoms. The summed E-state index contributed by atoms with van der Waals surface area (Å²) in [4.78, 5) is 9.45. The Morgan fingerprint density at radius 2 is 0.739 bits per heavy atom. The molecule has 41 nitrogen and oxygen atoms in total. The SMILES string of the molecule is C=CSOOc1ccc(O)c(N=Nc2c(O)c(S(=O)(=O)[O-])cc3cc(S(=O)(=O)[O-])ccc23)c1.O=S(=O)([O-])c1ccc2c(N=Nc3cc(SOOCCO)ccc3O)c(O)c(S(=O)(=O)[O-])cc2c1.O=S(CCOOSc1ccc(O)c(N=Nc2c(O)c(S(=O)(=O)[O-])cc3cc(S(=O)(=O)[O-])ccc23)c1)OO[O-].[Cu].[Cu].[Cu].[Na+].[Na+].[Na+].[Na+].[Na+].[Na+].[Na+]. The zero-order valence-corrected chi connectivity index (χ0v) is 84.0. The van der Waals surface area contributed by atoms with Crippen molar-refractivity contribution in [1.29, 1.82) is 0 Å². The summed E-state index contributed by atoms with van der Waals surface area (Å²) in [7, 11) is -30.5. The van der Waals surface area contributed by atoms with Crippen LogP contribution in [0.5, 0.6) is 40.2 Å². The van der Waals surface area contributed by atoms with Gasteiger partial charge in [-0.1, -0.05) is 24.8 Å². The summed E-state index contributed by atoms with van der Waals surface area (Å²) < 4.78 is 236. The molecule has 0 heterocycles. The Morgan fingerprint density at radius 3 is 1.04 bits per heavy atom. The van der Waals surface area contributed by atoms with Gasteiger partial charge in [-0.3, -0.25) is 5.04 Å². The van der Waals surface area contributed by atoms with Gasteiger partial charge in [-0.15, -0.1) is 39.4 Å². The maximum absolute atomic E-state index is 11.6. The Labute approximate surface area is 854 Å². The van der Waals surface area contributed by atoms with Crippen molar-refractivity contribution in [3.05, 3.63) is 139 Å². The minimum absolute atomic E-state index is 0. The summed E-state index contributed by atoms with van der Waals surface area (Å²) in [6.07, 6.45) is 0. The summed E-state index contributed by atoms with van der Waals surface area (Å²) in [6, 6.07) is 21.9. The number of azo groups is 3. The largest absolute Gasteiger partial charge is 1.00 e. The molecule has 0 aromatic heterocycles. The van der Waals surface area contributed by atoms with Crippen molar-refractivity contribution in [3.63, 3.8) is 0 Å². The van der Waals surface area contributed by atoms with Crippen LogP contribution in [0.1, 0.15) is 0 Å². The third-order valence-electron chi connectivity index (χ3n) is 12.6. The van der Waals surface area contributed by atoms with Crippen molar-refractivity contribution in [1.82, 2.24) is 0 Å². The number of aliphatic hydroxyl groups excluding tert-OH is 1. The Kier molecular flexibility index (Phi) is 57.5. The summed E-state index contributed by atoms with van der Waals surface area (Å²) in [6.45, 7) is 2.80. The number of fused-ring (bicyclic) bond motifs is 3. The van der Waals surface area contributed by atoms with E-state index in [1.807, 2.05) is 0 Å². The maximum Gasteiger partial charge on any atom is 1.00 e. The topological polar surface area (TPSA) is 673 Å². The minimum Gasteiger partial charge on any atom is -0.744 e. The first-order valence-corrected chi connectivity index (χ1v) is 39.0. The standard InChI is InChI=1S/C18H16N2O14S4.C18H16N2O11S3.C18H14N2O10S3.3Cu.7Na/c21-15-4-1-11(35-33-31-5-6-36(24)34-32-23)9-14(15)19-20-17-13-3-2-12(37(25,26)27)7-10(13)8-16(18(17)22)38(28,29)30;21-5-6-30-31-32-11-1-4-15(22)14(9-11)19-20-17-13-3-2-12(33(24,25)26)7-10(13)8-16(18(17)23)34(27,28)29;1-2-31-30-29-11-3-6-15(21)14(9-11)19-20-17-13-5-4-12(32(23,24)25)7-10(13)8-16(18(17)22)33(26,27)28;;;;;;;;;;/h1-4,7-9,21-23H,5-6H2,(H,25,26,27)(H,28,29,30);1-4,7-9,21-23H,5-6H2,(H,24,25,26)(H,27,28,29);2-9,21-22H,1H2,(H,23,24,25)(H,26,27,28);;;;;;;;;;/q;;;;;;7*+1/p-7. The molecular formula is C54H39Cu3N6Na7O35S10. The zero-order valence-electron chi connectivity index (χ0n) is 59.0. The normalized spacial score (nSPS) is 11.7. The molecule has 0 bridgehead atoms. The molecule has 1 unspecified atom stereocenters. The van der Waals surface area contributed by atoms with Crippen LogP contribution in [0.15, 0.2) is 209 Å². The number of benzene rings is 9. The van der Waals surface area contributed by atoms with Crippen LogP contribution in [0.4, 0.5) is 34.1 Å². The predicted molar refractivity (Wildman–Crippen MR) is 349 cm³/mol. The fourth-order valence-corrected chi connectivity index (χ4v) is 12.8. The van der Waals surface area contributed by atoms with Crippen LogP contribution in [0, 0.1) is 0 Å². The molecule has 0 fully saturated rings. The fraction of sp³-hybridized carbons (Fsp3) is 0.0741. The smallest absolute Gasteiger partial charge is 0.744 e. The Hall–Kier alpha value is -0.242. The first-order valence-electron chi connectivity index (χ1n) is 27.0. The second-order valence-electron chi connectivity index (χ2n) is 19.4. The second kappa shape index (κ2) is 54.6. The number of hydrogen-bond donors (Lipinski definition) is 7. The van der Waals surface area contributed by atoms with Crippen molar-refractivity contribution >= 4 is 174 Å². The van der Waals surface area contributed by atoms with Crippen LogP contribution in [0.2, 0.25) is 0 Å². The molecule has 115 heavy (non-hydrogen) atoms. The van der Waals surface area contributed by atoms with E-state index in [0.29, 0.717) is 35.1 Å². The number of phenols is 6. The van der Waals surface area contributed by atoms with E-state index in [0.717, 1.165) is 78.7 Å². The van der Waals surface area contributed by atoms with Gasteiger partial charge in [0.2, 0.25) is 0 Å². The molecule has 0 aliphatic heterocycles. The minimum atomic E-state index is -5.28. The van der Waals surface area contributed by atoms with Gasteiger partial charge in [0.1, 0.15) is 119 Å². The van der Waals surface area contributed by atoms with Crippen molar-refractivity contribution < 1.29 is 418 Å². The van der Waals surface area contributed by atoms with Crippen LogP contribution in [-0.2, 0) is 155 Å². The fourth-order valence-electron chi connectivity index (χ4n) is 8.03. The van der Waals surface area contributed by atoms with Crippen LogP contribution in [0.3, 0.4) is 0 Å². The summed E-state index contributed by atoms with van der Waals surface area (Å²) in [5, 5.41) is 106. The monoisotopic (exact) mass is 2000 g/mol. The quantitative estimate of drug-likeness (QED) is 0.00435. The van der Waals surface area contributed by atoms with E-state index in [1.165, 1.54) is 60.0 Å². The number of rotatable bonds is 29. The average Bonchev–Trinajstić information content (AvgIpc) is 0.773. The molecule has 0 aliphatic rings. The van der Waals surface area contributed by atoms with Crippen LogP contribution in [-0.4, -0.2) is 143 Å². The molecule has 0 saturated heterocycles. The molecule has 7 N–H and O–H groups in total. The average molecular weight is 2000 g/mol. The van der Waals surface area contributed by atoms with E-state index in [9.17, 15) is 118 Å². The van der Waals surface area contributed by atoms with E-state index in [-0.39, 0.29) is 355 Å². The summed E-state index contributed by atoms with van der Waals surface area (Å²) in [5.74, 6) is -4.54. The van der Waals surface area contributed by atoms with Gasteiger partial charge in [0.05, 0.1) is 84.5 Å². The zero-order chi connectivity index (χ0) is 77.6. The molecule has 0 spiro atoms. The van der Waals surface area contributed by atoms with Crippen LogP contribution < -0.4 is 217 Å². The number of aliphatic hydroxyl groups is 1.